The number of fused-ring (bicyclic) bond motifs is 1. The van der Waals surface area contributed by atoms with E-state index in [1.165, 1.54) is 36.4 Å². The highest BCUT2D eigenvalue weighted by Gasteiger charge is 2.53. The van der Waals surface area contributed by atoms with Gasteiger partial charge in [0.15, 0.2) is 0 Å². The van der Waals surface area contributed by atoms with E-state index in [4.69, 9.17) is 14.9 Å². The number of nitrogens with one attached hydrogen (secondary N) is 3. The number of halogens is 4. The van der Waals surface area contributed by atoms with Crippen molar-refractivity contribution in [2.45, 2.75) is 62.3 Å². The summed E-state index contributed by atoms with van der Waals surface area (Å²) in [5.74, 6) is -1.18. The molecule has 3 fully saturated rings. The van der Waals surface area contributed by atoms with Crippen LogP contribution in [0.15, 0.2) is 65.6 Å². The maximum Gasteiger partial charge on any atom is 0.355 e. The largest absolute Gasteiger partial charge is 0.499 e. The van der Waals surface area contributed by atoms with Crippen molar-refractivity contribution in [2.24, 2.45) is 5.92 Å². The van der Waals surface area contributed by atoms with Crippen LogP contribution in [0.2, 0.25) is 0 Å². The van der Waals surface area contributed by atoms with Gasteiger partial charge in [0.05, 0.1) is 24.8 Å². The molecule has 5 aliphatic rings. The molecule has 3 saturated carbocycles. The minimum atomic E-state index is -4.61. The van der Waals surface area contributed by atoms with E-state index in [1.807, 2.05) is 0 Å². The Morgan fingerprint density at radius 2 is 1.87 bits per heavy atom. The van der Waals surface area contributed by atoms with Gasteiger partial charge in [-0.3, -0.25) is 10.2 Å². The molecule has 7 rings (SSSR count). The zero-order valence-electron chi connectivity index (χ0n) is 24.2. The van der Waals surface area contributed by atoms with Crippen molar-refractivity contribution < 1.29 is 36.9 Å². The van der Waals surface area contributed by atoms with Crippen molar-refractivity contribution in [3.8, 4) is 17.0 Å². The SMILES string of the molecule is N=C1C(OC2CC2)=CC(C(=O)NCC(O)(c2cc3c(c(-c4ccc(F)cc4)n2)OCB3C(F)(F)F)C2CC2)=C/C1=C/NC1CC1. The van der Waals surface area contributed by atoms with E-state index < -0.39 is 36.6 Å². The van der Waals surface area contributed by atoms with Crippen LogP contribution in [0.5, 0.6) is 5.75 Å². The molecule has 4 aliphatic carbocycles. The van der Waals surface area contributed by atoms with Gasteiger partial charge in [-0.2, -0.15) is 13.2 Å². The molecule has 4 N–H and O–H groups in total. The molecule has 234 valence electrons. The van der Waals surface area contributed by atoms with Gasteiger partial charge in [-0.15, -0.1) is 0 Å². The van der Waals surface area contributed by atoms with Crippen molar-refractivity contribution in [1.29, 1.82) is 5.41 Å². The fraction of sp³-hybridized carbons (Fsp3) is 0.406. The quantitative estimate of drug-likeness (QED) is 0.235. The van der Waals surface area contributed by atoms with Crippen LogP contribution < -0.4 is 20.8 Å². The second-order valence-corrected chi connectivity index (χ2v) is 12.4. The lowest BCUT2D eigenvalue weighted by Crippen LogP contribution is -2.47. The van der Waals surface area contributed by atoms with Gasteiger partial charge in [0, 0.05) is 29.0 Å². The highest BCUT2D eigenvalue weighted by Crippen LogP contribution is 2.46. The number of aromatic nitrogens is 1. The zero-order chi connectivity index (χ0) is 31.5. The second kappa shape index (κ2) is 11.0. The topological polar surface area (TPSA) is 117 Å². The molecule has 45 heavy (non-hydrogen) atoms. The standard InChI is InChI=1S/C32H31BF4N4O4/c34-21-5-1-17(2-6-21)28-29-24(33(16-44-29)32(35,36)37)13-26(41-28)31(43,20-3-4-20)15-40-30(42)18-11-19(14-39-22-7-8-22)27(38)25(12-18)45-23-9-10-23/h1-2,5-6,11-14,20,22-23,38-39,43H,3-4,7-10,15-16H2,(H,40,42)/b19-14-,38-27?. The van der Waals surface area contributed by atoms with E-state index in [0.29, 0.717) is 30.0 Å². The number of amides is 1. The summed E-state index contributed by atoms with van der Waals surface area (Å²) in [5.41, 5.74) is -0.689. The van der Waals surface area contributed by atoms with E-state index in [0.717, 1.165) is 25.7 Å². The highest BCUT2D eigenvalue weighted by molar-refractivity contribution is 6.77. The molecule has 1 amide bonds. The van der Waals surface area contributed by atoms with E-state index >= 15 is 0 Å². The summed E-state index contributed by atoms with van der Waals surface area (Å²) < 4.78 is 67.3. The smallest absolute Gasteiger partial charge is 0.355 e. The van der Waals surface area contributed by atoms with Crippen LogP contribution in [0.1, 0.15) is 44.2 Å². The van der Waals surface area contributed by atoms with Crippen LogP contribution in [0, 0.1) is 17.1 Å². The predicted octanol–water partition coefficient (Wildman–Crippen LogP) is 3.99. The van der Waals surface area contributed by atoms with Gasteiger partial charge >= 0.3 is 12.8 Å². The number of alkyl halides is 3. The molecule has 0 bridgehead atoms. The Bertz CT molecular complexity index is 1650. The number of aliphatic hydroxyl groups is 1. The molecule has 0 radical (unpaired) electrons. The average Bonchev–Trinajstić information content (AvgIpc) is 3.87. The number of rotatable bonds is 10. The molecular formula is C32H31BF4N4O4. The Hall–Kier alpha value is -4.13. The number of carbonyl (C=O) groups is 1. The first-order valence-electron chi connectivity index (χ1n) is 15.2. The summed E-state index contributed by atoms with van der Waals surface area (Å²) >= 11 is 0. The van der Waals surface area contributed by atoms with Crippen LogP contribution in [-0.4, -0.2) is 59.7 Å². The number of benzene rings is 1. The molecular weight excluding hydrogens is 591 g/mol. The van der Waals surface area contributed by atoms with Gasteiger partial charge in [-0.1, -0.05) is 0 Å². The van der Waals surface area contributed by atoms with Crippen LogP contribution in [-0.2, 0) is 15.1 Å². The van der Waals surface area contributed by atoms with Crippen molar-refractivity contribution in [1.82, 2.24) is 15.6 Å². The van der Waals surface area contributed by atoms with E-state index in [1.54, 1.807) is 12.3 Å². The average molecular weight is 622 g/mol. The lowest BCUT2D eigenvalue weighted by molar-refractivity contribution is -0.118. The first kappa shape index (κ1) is 29.6. The molecule has 13 heteroatoms. The summed E-state index contributed by atoms with van der Waals surface area (Å²) in [6.07, 6.45) is 5.18. The molecule has 0 saturated heterocycles. The molecule has 0 spiro atoms. The van der Waals surface area contributed by atoms with Crippen molar-refractivity contribution in [3.63, 3.8) is 0 Å². The summed E-state index contributed by atoms with van der Waals surface area (Å²) in [4.78, 5) is 18.1. The van der Waals surface area contributed by atoms with E-state index in [-0.39, 0.29) is 58.2 Å². The summed E-state index contributed by atoms with van der Waals surface area (Å²) in [6.45, 7) is -2.88. The Labute approximate surface area is 257 Å². The summed E-state index contributed by atoms with van der Waals surface area (Å²) in [7, 11) is 0. The van der Waals surface area contributed by atoms with Crippen LogP contribution in [0.4, 0.5) is 17.6 Å². The molecule has 1 aromatic carbocycles. The third-order valence-corrected chi connectivity index (χ3v) is 8.76. The first-order valence-corrected chi connectivity index (χ1v) is 15.2. The van der Waals surface area contributed by atoms with Crippen LogP contribution >= 0.6 is 0 Å². The molecule has 2 aromatic rings. The van der Waals surface area contributed by atoms with Gasteiger partial charge in [0.2, 0.25) is 0 Å². The van der Waals surface area contributed by atoms with Crippen molar-refractivity contribution in [2.75, 3.05) is 13.1 Å². The maximum absolute atomic E-state index is 14.0. The first-order chi connectivity index (χ1) is 21.5. The van der Waals surface area contributed by atoms with Gasteiger partial charge in [0.1, 0.15) is 34.3 Å². The number of hydrogen-bond donors (Lipinski definition) is 4. The lowest BCUT2D eigenvalue weighted by atomic mass is 9.45. The third-order valence-electron chi connectivity index (χ3n) is 8.76. The normalized spacial score (nSPS) is 21.8. The number of hydrogen-bond acceptors (Lipinski definition) is 7. The van der Waals surface area contributed by atoms with Gasteiger partial charge in [-0.25, -0.2) is 9.37 Å². The second-order valence-electron chi connectivity index (χ2n) is 12.4. The van der Waals surface area contributed by atoms with Crippen LogP contribution in [0.3, 0.4) is 0 Å². The summed E-state index contributed by atoms with van der Waals surface area (Å²) in [5, 5.41) is 26.7. The van der Waals surface area contributed by atoms with Gasteiger partial charge in [0.25, 0.3) is 5.91 Å². The monoisotopic (exact) mass is 622 g/mol. The van der Waals surface area contributed by atoms with E-state index in [2.05, 4.69) is 15.6 Å². The van der Waals surface area contributed by atoms with Crippen molar-refractivity contribution >= 4 is 23.8 Å². The Morgan fingerprint density at radius 3 is 2.51 bits per heavy atom. The Kier molecular flexibility index (Phi) is 7.26. The Morgan fingerprint density at radius 1 is 1.13 bits per heavy atom. The maximum atomic E-state index is 14.0. The highest BCUT2D eigenvalue weighted by atomic mass is 19.4. The summed E-state index contributed by atoms with van der Waals surface area (Å²) in [6, 6.07) is 6.71. The van der Waals surface area contributed by atoms with Crippen LogP contribution in [0.25, 0.3) is 11.3 Å². The lowest BCUT2D eigenvalue weighted by Gasteiger charge is -2.30. The molecule has 1 aromatic heterocycles. The number of ether oxygens (including phenoxy) is 2. The zero-order valence-corrected chi connectivity index (χ0v) is 24.2. The number of nitrogens with zero attached hydrogens (tertiary/aromatic N) is 1. The molecule has 1 unspecified atom stereocenters. The van der Waals surface area contributed by atoms with Gasteiger partial charge < -0.3 is 25.2 Å². The molecule has 1 atom stereocenters. The predicted molar refractivity (Wildman–Crippen MR) is 158 cm³/mol. The molecule has 1 aliphatic heterocycles. The van der Waals surface area contributed by atoms with Gasteiger partial charge in [-0.05, 0) is 92.4 Å². The fourth-order valence-corrected chi connectivity index (χ4v) is 5.64. The molecule has 2 heterocycles. The minimum absolute atomic E-state index is 0.00213. The van der Waals surface area contributed by atoms with Crippen molar-refractivity contribution in [3.05, 3.63) is 77.1 Å². The fourth-order valence-electron chi connectivity index (χ4n) is 5.64. The minimum Gasteiger partial charge on any atom is -0.499 e. The molecule has 8 nitrogen and oxygen atoms in total. The van der Waals surface area contributed by atoms with E-state index in [9.17, 15) is 27.5 Å². The number of carbonyl (C=O) groups excluding carboxylic acids is 1. The number of pyridine rings is 1. The third kappa shape index (κ3) is 6.10. The Balaban J connectivity index is 1.20. The number of allylic oxidation sites excluding steroid dienone is 2.